The second-order valence-electron chi connectivity index (χ2n) is 6.25. The second-order valence-corrected chi connectivity index (χ2v) is 6.25. The highest BCUT2D eigenvalue weighted by Crippen LogP contribution is 2.18. The Bertz CT molecular complexity index is 622. The van der Waals surface area contributed by atoms with Crippen LogP contribution in [0, 0.1) is 27.7 Å². The van der Waals surface area contributed by atoms with Crippen molar-refractivity contribution >= 4 is 0 Å². The van der Waals surface area contributed by atoms with Crippen LogP contribution in [0.1, 0.15) is 22.3 Å². The van der Waals surface area contributed by atoms with Gasteiger partial charge in [0.15, 0.2) is 0 Å². The third-order valence-electron chi connectivity index (χ3n) is 4.24. The molecule has 0 aliphatic carbocycles. The summed E-state index contributed by atoms with van der Waals surface area (Å²) >= 11 is 0. The lowest BCUT2D eigenvalue weighted by Gasteiger charge is -2.19. The van der Waals surface area contributed by atoms with Crippen LogP contribution >= 0.6 is 0 Å². The van der Waals surface area contributed by atoms with E-state index in [0.717, 1.165) is 11.1 Å². The predicted octanol–water partition coefficient (Wildman–Crippen LogP) is 3.10. The highest BCUT2D eigenvalue weighted by atomic mass is 16.5. The van der Waals surface area contributed by atoms with Gasteiger partial charge in [-0.25, -0.2) is 0 Å². The molecule has 24 heavy (non-hydrogen) atoms. The molecule has 0 spiro atoms. The van der Waals surface area contributed by atoms with Crippen molar-refractivity contribution in [1.29, 1.82) is 0 Å². The molecule has 0 aliphatic rings. The predicted molar refractivity (Wildman–Crippen MR) is 94.8 cm³/mol. The molecule has 2 rings (SSSR count). The van der Waals surface area contributed by atoms with Gasteiger partial charge in [0.05, 0.1) is 0 Å². The topological polar surface area (TPSA) is 58.9 Å². The van der Waals surface area contributed by atoms with E-state index in [2.05, 4.69) is 0 Å². The Kier molecular flexibility index (Phi) is 6.23. The Labute approximate surface area is 143 Å². The quantitative estimate of drug-likeness (QED) is 0.819. The van der Waals surface area contributed by atoms with Crippen molar-refractivity contribution in [1.82, 2.24) is 0 Å². The van der Waals surface area contributed by atoms with E-state index in [-0.39, 0.29) is 13.2 Å². The molecule has 0 fully saturated rings. The fraction of sp³-hybridized carbons (Fsp3) is 0.400. The SMILES string of the molecule is Cc1ccc(OCC(O)C(O)COc2ccc(C)c(C)c2)cc1C. The van der Waals surface area contributed by atoms with Crippen molar-refractivity contribution in [3.63, 3.8) is 0 Å². The van der Waals surface area contributed by atoms with Crippen LogP contribution in [0.5, 0.6) is 11.5 Å². The van der Waals surface area contributed by atoms with Crippen LogP contribution in [0.15, 0.2) is 36.4 Å². The molecular formula is C20H26O4. The number of hydrogen-bond acceptors (Lipinski definition) is 4. The van der Waals surface area contributed by atoms with Gasteiger partial charge in [0, 0.05) is 0 Å². The number of aliphatic hydroxyl groups excluding tert-OH is 2. The molecule has 130 valence electrons. The standard InChI is InChI=1S/C20H26O4/c1-13-5-7-17(9-15(13)3)23-11-19(21)20(22)12-24-18-8-6-14(2)16(4)10-18/h5-10,19-22H,11-12H2,1-4H3. The molecule has 0 amide bonds. The highest BCUT2D eigenvalue weighted by Gasteiger charge is 2.18. The van der Waals surface area contributed by atoms with Gasteiger partial charge in [0.2, 0.25) is 0 Å². The first-order chi connectivity index (χ1) is 11.4. The summed E-state index contributed by atoms with van der Waals surface area (Å²) in [5.41, 5.74) is 4.62. The zero-order valence-corrected chi connectivity index (χ0v) is 14.7. The molecule has 0 aromatic heterocycles. The molecule has 0 bridgehead atoms. The first kappa shape index (κ1) is 18.3. The van der Waals surface area contributed by atoms with Crippen molar-refractivity contribution in [2.75, 3.05) is 13.2 Å². The molecule has 0 aliphatic heterocycles. The van der Waals surface area contributed by atoms with Crippen molar-refractivity contribution in [2.45, 2.75) is 39.9 Å². The zero-order chi connectivity index (χ0) is 17.7. The molecule has 4 nitrogen and oxygen atoms in total. The van der Waals surface area contributed by atoms with E-state index in [9.17, 15) is 10.2 Å². The minimum absolute atomic E-state index is 0.0138. The fourth-order valence-corrected chi connectivity index (χ4v) is 2.19. The third-order valence-corrected chi connectivity index (χ3v) is 4.24. The van der Waals surface area contributed by atoms with Crippen molar-refractivity contribution in [2.24, 2.45) is 0 Å². The first-order valence-corrected chi connectivity index (χ1v) is 8.13. The Balaban J connectivity index is 1.81. The number of rotatable bonds is 7. The monoisotopic (exact) mass is 330 g/mol. The van der Waals surface area contributed by atoms with Crippen LogP contribution in [0.4, 0.5) is 0 Å². The molecule has 0 radical (unpaired) electrons. The van der Waals surface area contributed by atoms with E-state index in [1.54, 1.807) is 0 Å². The highest BCUT2D eigenvalue weighted by molar-refractivity contribution is 5.34. The number of aryl methyl sites for hydroxylation is 4. The minimum atomic E-state index is -1.02. The smallest absolute Gasteiger partial charge is 0.119 e. The number of hydrogen-bond donors (Lipinski definition) is 2. The summed E-state index contributed by atoms with van der Waals surface area (Å²) in [5, 5.41) is 20.0. The number of benzene rings is 2. The lowest BCUT2D eigenvalue weighted by molar-refractivity contribution is -0.0288. The van der Waals surface area contributed by atoms with E-state index in [1.165, 1.54) is 11.1 Å². The summed E-state index contributed by atoms with van der Waals surface area (Å²) in [6.45, 7) is 8.10. The molecule has 0 saturated heterocycles. The van der Waals surface area contributed by atoms with Crippen molar-refractivity contribution in [3.05, 3.63) is 58.7 Å². The maximum absolute atomic E-state index is 10.0. The lowest BCUT2D eigenvalue weighted by Crippen LogP contribution is -2.36. The minimum Gasteiger partial charge on any atom is -0.491 e. The Morgan fingerprint density at radius 1 is 0.667 bits per heavy atom. The van der Waals surface area contributed by atoms with E-state index < -0.39 is 12.2 Å². The fourth-order valence-electron chi connectivity index (χ4n) is 2.19. The summed E-state index contributed by atoms with van der Waals surface area (Å²) < 4.78 is 11.1. The number of aliphatic hydroxyl groups is 2. The largest absolute Gasteiger partial charge is 0.491 e. The molecule has 0 heterocycles. The molecule has 2 aromatic rings. The van der Waals surface area contributed by atoms with E-state index in [0.29, 0.717) is 11.5 Å². The second kappa shape index (κ2) is 8.18. The van der Waals surface area contributed by atoms with Crippen molar-refractivity contribution < 1.29 is 19.7 Å². The molecule has 2 unspecified atom stereocenters. The molecule has 2 aromatic carbocycles. The van der Waals surface area contributed by atoms with Crippen LogP contribution in [-0.2, 0) is 0 Å². The Morgan fingerprint density at radius 2 is 1.04 bits per heavy atom. The summed E-state index contributed by atoms with van der Waals surface area (Å²) in [5.74, 6) is 1.36. The van der Waals surface area contributed by atoms with E-state index >= 15 is 0 Å². The van der Waals surface area contributed by atoms with Gasteiger partial charge in [0.1, 0.15) is 36.9 Å². The Morgan fingerprint density at radius 3 is 1.38 bits per heavy atom. The van der Waals surface area contributed by atoms with Gasteiger partial charge in [-0.1, -0.05) is 12.1 Å². The maximum Gasteiger partial charge on any atom is 0.119 e. The van der Waals surface area contributed by atoms with E-state index in [1.807, 2.05) is 64.1 Å². The summed E-state index contributed by atoms with van der Waals surface area (Å²) in [4.78, 5) is 0. The normalized spacial score (nSPS) is 13.4. The van der Waals surface area contributed by atoms with E-state index in [4.69, 9.17) is 9.47 Å². The first-order valence-electron chi connectivity index (χ1n) is 8.13. The molecule has 2 N–H and O–H groups in total. The van der Waals surface area contributed by atoms with Gasteiger partial charge in [-0.15, -0.1) is 0 Å². The summed E-state index contributed by atoms with van der Waals surface area (Å²) in [6, 6.07) is 11.5. The van der Waals surface area contributed by atoms with Crippen LogP contribution in [0.25, 0.3) is 0 Å². The van der Waals surface area contributed by atoms with Gasteiger partial charge in [0.25, 0.3) is 0 Å². The van der Waals surface area contributed by atoms with Crippen LogP contribution in [-0.4, -0.2) is 35.6 Å². The van der Waals surface area contributed by atoms with Crippen LogP contribution < -0.4 is 9.47 Å². The average molecular weight is 330 g/mol. The Hall–Kier alpha value is -2.04. The molecular weight excluding hydrogens is 304 g/mol. The van der Waals surface area contributed by atoms with Crippen LogP contribution in [0.2, 0.25) is 0 Å². The number of ether oxygens (including phenoxy) is 2. The molecule has 2 atom stereocenters. The van der Waals surface area contributed by atoms with Gasteiger partial charge >= 0.3 is 0 Å². The summed E-state index contributed by atoms with van der Waals surface area (Å²) in [6.07, 6.45) is -2.03. The maximum atomic E-state index is 10.0. The van der Waals surface area contributed by atoms with Gasteiger partial charge in [-0.2, -0.15) is 0 Å². The van der Waals surface area contributed by atoms with Gasteiger partial charge < -0.3 is 19.7 Å². The average Bonchev–Trinajstić information content (AvgIpc) is 2.56. The van der Waals surface area contributed by atoms with Gasteiger partial charge in [-0.05, 0) is 74.2 Å². The van der Waals surface area contributed by atoms with Crippen molar-refractivity contribution in [3.8, 4) is 11.5 Å². The molecule has 0 saturated carbocycles. The third kappa shape index (κ3) is 4.98. The zero-order valence-electron chi connectivity index (χ0n) is 14.7. The lowest BCUT2D eigenvalue weighted by atomic mass is 10.1. The summed E-state index contributed by atoms with van der Waals surface area (Å²) in [7, 11) is 0. The molecule has 4 heteroatoms. The van der Waals surface area contributed by atoms with Gasteiger partial charge in [-0.3, -0.25) is 0 Å². The van der Waals surface area contributed by atoms with Crippen LogP contribution in [0.3, 0.4) is 0 Å².